The average Bonchev–Trinajstić information content (AvgIpc) is 3.10. The summed E-state index contributed by atoms with van der Waals surface area (Å²) in [5, 5.41) is 7.32. The van der Waals surface area contributed by atoms with Gasteiger partial charge in [0.1, 0.15) is 10.6 Å². The number of hydrogen-bond acceptors (Lipinski definition) is 5. The van der Waals surface area contributed by atoms with Crippen molar-refractivity contribution in [3.63, 3.8) is 0 Å². The van der Waals surface area contributed by atoms with E-state index >= 15 is 0 Å². The van der Waals surface area contributed by atoms with E-state index in [2.05, 4.69) is 15.1 Å². The summed E-state index contributed by atoms with van der Waals surface area (Å²) < 4.78 is 33.6. The number of sulfonamides is 1. The maximum atomic E-state index is 12.5. The number of amides is 1. The Morgan fingerprint density at radius 1 is 1.13 bits per heavy atom. The molecule has 0 atom stereocenters. The molecule has 2 aromatic carbocycles. The zero-order chi connectivity index (χ0) is 22.6. The number of ether oxygens (including phenoxy) is 1. The summed E-state index contributed by atoms with van der Waals surface area (Å²) in [4.78, 5) is 12.5. The number of nitrogens with one attached hydrogen (secondary N) is 2. The number of nitrogens with zero attached hydrogens (tertiary/aromatic N) is 2. The SMILES string of the molecule is CNS(=O)(=O)c1cc(/C=C/C(=O)Nc2ccccc2-n2nc(C)cc2C)ccc1OC. The number of para-hydroxylation sites is 2. The van der Waals surface area contributed by atoms with Gasteiger partial charge in [-0.2, -0.15) is 5.10 Å². The molecule has 0 unspecified atom stereocenters. The molecule has 0 bridgehead atoms. The molecule has 0 aliphatic heterocycles. The van der Waals surface area contributed by atoms with Gasteiger partial charge in [-0.25, -0.2) is 17.8 Å². The van der Waals surface area contributed by atoms with Crippen molar-refractivity contribution in [1.29, 1.82) is 0 Å². The Morgan fingerprint density at radius 3 is 2.52 bits per heavy atom. The van der Waals surface area contributed by atoms with Gasteiger partial charge in [-0.3, -0.25) is 4.79 Å². The van der Waals surface area contributed by atoms with E-state index in [9.17, 15) is 13.2 Å². The Labute approximate surface area is 181 Å². The molecule has 0 fully saturated rings. The first-order chi connectivity index (χ1) is 14.7. The fourth-order valence-electron chi connectivity index (χ4n) is 3.10. The van der Waals surface area contributed by atoms with Gasteiger partial charge in [-0.1, -0.05) is 18.2 Å². The fourth-order valence-corrected chi connectivity index (χ4v) is 4.03. The van der Waals surface area contributed by atoms with Crippen LogP contribution >= 0.6 is 0 Å². The minimum Gasteiger partial charge on any atom is -0.495 e. The highest BCUT2D eigenvalue weighted by Crippen LogP contribution is 2.25. The molecule has 1 aromatic heterocycles. The number of methoxy groups -OCH3 is 1. The van der Waals surface area contributed by atoms with Gasteiger partial charge in [0.15, 0.2) is 0 Å². The number of benzene rings is 2. The Morgan fingerprint density at radius 2 is 1.87 bits per heavy atom. The van der Waals surface area contributed by atoms with Crippen molar-refractivity contribution < 1.29 is 17.9 Å². The second-order valence-electron chi connectivity index (χ2n) is 6.80. The maximum Gasteiger partial charge on any atom is 0.248 e. The normalized spacial score (nSPS) is 11.6. The van der Waals surface area contributed by atoms with Gasteiger partial charge in [-0.05, 0) is 62.9 Å². The van der Waals surface area contributed by atoms with Crippen molar-refractivity contribution in [3.8, 4) is 11.4 Å². The minimum absolute atomic E-state index is 0.00469. The number of aromatic nitrogens is 2. The molecule has 2 N–H and O–H groups in total. The van der Waals surface area contributed by atoms with Crippen molar-refractivity contribution in [2.75, 3.05) is 19.5 Å². The second-order valence-corrected chi connectivity index (χ2v) is 8.65. The third-order valence-corrected chi connectivity index (χ3v) is 6.01. The summed E-state index contributed by atoms with van der Waals surface area (Å²) >= 11 is 0. The first-order valence-electron chi connectivity index (χ1n) is 9.48. The van der Waals surface area contributed by atoms with Gasteiger partial charge in [0.2, 0.25) is 15.9 Å². The van der Waals surface area contributed by atoms with Crippen molar-refractivity contribution in [1.82, 2.24) is 14.5 Å². The van der Waals surface area contributed by atoms with Crippen molar-refractivity contribution in [2.45, 2.75) is 18.7 Å². The molecular formula is C22H24N4O4S. The Hall–Kier alpha value is -3.43. The summed E-state index contributed by atoms with van der Waals surface area (Å²) in [7, 11) is -0.988. The molecule has 0 radical (unpaired) electrons. The molecule has 1 heterocycles. The van der Waals surface area contributed by atoms with Gasteiger partial charge in [0.05, 0.1) is 24.2 Å². The molecule has 0 saturated heterocycles. The molecule has 0 aliphatic rings. The third kappa shape index (κ3) is 5.01. The Bertz CT molecular complexity index is 1250. The number of aryl methyl sites for hydroxylation is 2. The van der Waals surface area contributed by atoms with Gasteiger partial charge in [-0.15, -0.1) is 0 Å². The highest BCUT2D eigenvalue weighted by atomic mass is 32.2. The van der Waals surface area contributed by atoms with Crippen LogP contribution in [0.3, 0.4) is 0 Å². The summed E-state index contributed by atoms with van der Waals surface area (Å²) in [5.41, 5.74) is 3.73. The van der Waals surface area contributed by atoms with E-state index in [4.69, 9.17) is 4.74 Å². The van der Waals surface area contributed by atoms with Gasteiger partial charge in [0, 0.05) is 11.8 Å². The predicted molar refractivity (Wildman–Crippen MR) is 120 cm³/mol. The fraction of sp³-hybridized carbons (Fsp3) is 0.182. The van der Waals surface area contributed by atoms with Crippen LogP contribution in [-0.4, -0.2) is 38.3 Å². The van der Waals surface area contributed by atoms with Gasteiger partial charge >= 0.3 is 0 Å². The molecule has 3 rings (SSSR count). The highest BCUT2D eigenvalue weighted by Gasteiger charge is 2.17. The summed E-state index contributed by atoms with van der Waals surface area (Å²) in [6.45, 7) is 3.85. The number of anilines is 1. The number of carbonyl (C=O) groups excluding carboxylic acids is 1. The van der Waals surface area contributed by atoms with E-state index in [0.29, 0.717) is 11.3 Å². The molecule has 9 heteroatoms. The van der Waals surface area contributed by atoms with Crippen LogP contribution in [0.4, 0.5) is 5.69 Å². The van der Waals surface area contributed by atoms with Crippen molar-refractivity contribution >= 4 is 27.7 Å². The molecule has 162 valence electrons. The van der Waals surface area contributed by atoms with E-state index < -0.39 is 10.0 Å². The van der Waals surface area contributed by atoms with Gasteiger partial charge in [0.25, 0.3) is 0 Å². The lowest BCUT2D eigenvalue weighted by Crippen LogP contribution is -2.19. The molecule has 0 saturated carbocycles. The summed E-state index contributed by atoms with van der Waals surface area (Å²) in [6, 6.07) is 14.0. The minimum atomic E-state index is -3.71. The van der Waals surface area contributed by atoms with Crippen LogP contribution in [0.5, 0.6) is 5.75 Å². The third-order valence-electron chi connectivity index (χ3n) is 4.57. The Kier molecular flexibility index (Phi) is 6.57. The lowest BCUT2D eigenvalue weighted by Gasteiger charge is -2.11. The smallest absolute Gasteiger partial charge is 0.248 e. The second kappa shape index (κ2) is 9.15. The molecule has 0 spiro atoms. The topological polar surface area (TPSA) is 102 Å². The van der Waals surface area contributed by atoms with E-state index in [1.807, 2.05) is 38.1 Å². The van der Waals surface area contributed by atoms with Crippen LogP contribution in [0.25, 0.3) is 11.8 Å². The average molecular weight is 441 g/mol. The van der Waals surface area contributed by atoms with Gasteiger partial charge < -0.3 is 10.1 Å². The van der Waals surface area contributed by atoms with Crippen LogP contribution in [0.15, 0.2) is 59.5 Å². The molecule has 3 aromatic rings. The highest BCUT2D eigenvalue weighted by molar-refractivity contribution is 7.89. The zero-order valence-corrected chi connectivity index (χ0v) is 18.5. The Balaban J connectivity index is 1.84. The van der Waals surface area contributed by atoms with E-state index in [-0.39, 0.29) is 16.6 Å². The van der Waals surface area contributed by atoms with Crippen molar-refractivity contribution in [2.24, 2.45) is 0 Å². The van der Waals surface area contributed by atoms with E-state index in [0.717, 1.165) is 17.1 Å². The van der Waals surface area contributed by atoms with Crippen LogP contribution < -0.4 is 14.8 Å². The number of carbonyl (C=O) groups is 1. The first-order valence-corrected chi connectivity index (χ1v) is 11.0. The van der Waals surface area contributed by atoms with Crippen LogP contribution in [0, 0.1) is 13.8 Å². The first kappa shape index (κ1) is 22.3. The predicted octanol–water partition coefficient (Wildman–Crippen LogP) is 3.06. The van der Waals surface area contributed by atoms with E-state index in [1.165, 1.54) is 32.4 Å². The van der Waals surface area contributed by atoms with Crippen molar-refractivity contribution in [3.05, 3.63) is 71.6 Å². The largest absolute Gasteiger partial charge is 0.495 e. The zero-order valence-electron chi connectivity index (χ0n) is 17.7. The summed E-state index contributed by atoms with van der Waals surface area (Å²) in [5.74, 6) is -0.141. The molecule has 1 amide bonds. The van der Waals surface area contributed by atoms with Crippen LogP contribution in [0.2, 0.25) is 0 Å². The monoisotopic (exact) mass is 440 g/mol. The lowest BCUT2D eigenvalue weighted by molar-refractivity contribution is -0.111. The molecule has 0 aliphatic carbocycles. The number of rotatable bonds is 7. The standard InChI is InChI=1S/C22H24N4O4S/c1-15-13-16(2)26(25-15)19-8-6-5-7-18(19)24-22(27)12-10-17-9-11-20(30-4)21(14-17)31(28,29)23-3/h5-14,23H,1-4H3,(H,24,27)/b12-10+. The quantitative estimate of drug-likeness (QED) is 0.550. The molecule has 31 heavy (non-hydrogen) atoms. The van der Waals surface area contributed by atoms with Crippen LogP contribution in [-0.2, 0) is 14.8 Å². The number of hydrogen-bond donors (Lipinski definition) is 2. The lowest BCUT2D eigenvalue weighted by atomic mass is 10.2. The van der Waals surface area contributed by atoms with E-state index in [1.54, 1.807) is 22.9 Å². The molecular weight excluding hydrogens is 416 g/mol. The maximum absolute atomic E-state index is 12.5. The van der Waals surface area contributed by atoms with Crippen LogP contribution in [0.1, 0.15) is 17.0 Å². The molecule has 8 nitrogen and oxygen atoms in total. The summed E-state index contributed by atoms with van der Waals surface area (Å²) in [6.07, 6.45) is 2.88.